The predicted molar refractivity (Wildman–Crippen MR) is 120 cm³/mol. The monoisotopic (exact) mass is 414 g/mol. The Hall–Kier alpha value is -2.20. The van der Waals surface area contributed by atoms with E-state index in [1.807, 2.05) is 31.2 Å². The molecule has 3 rings (SSSR count). The van der Waals surface area contributed by atoms with Crippen LogP contribution in [0.1, 0.15) is 57.2 Å². The van der Waals surface area contributed by atoms with Crippen molar-refractivity contribution in [3.8, 4) is 5.75 Å². The van der Waals surface area contributed by atoms with E-state index in [2.05, 4.69) is 35.3 Å². The van der Waals surface area contributed by atoms with Crippen molar-refractivity contribution in [2.24, 2.45) is 0 Å². The minimum absolute atomic E-state index is 0.00162. The largest absolute Gasteiger partial charge is 0.490 e. The number of halogens is 1. The van der Waals surface area contributed by atoms with E-state index in [0.717, 1.165) is 60.8 Å². The van der Waals surface area contributed by atoms with Crippen molar-refractivity contribution in [2.45, 2.75) is 58.6 Å². The van der Waals surface area contributed by atoms with E-state index in [0.29, 0.717) is 0 Å². The number of ether oxygens (including phenoxy) is 1. The van der Waals surface area contributed by atoms with Crippen molar-refractivity contribution < 1.29 is 9.53 Å². The molecule has 2 aromatic carbocycles. The summed E-state index contributed by atoms with van der Waals surface area (Å²) < 4.78 is 6.19. The van der Waals surface area contributed by atoms with Gasteiger partial charge in [0.2, 0.25) is 5.91 Å². The summed E-state index contributed by atoms with van der Waals surface area (Å²) in [6.45, 7) is 7.58. The van der Waals surface area contributed by atoms with Gasteiger partial charge in [0, 0.05) is 32.9 Å². The number of rotatable bonds is 7. The third-order valence-electron chi connectivity index (χ3n) is 5.44. The summed E-state index contributed by atoms with van der Waals surface area (Å²) >= 11 is 6.54. The lowest BCUT2D eigenvalue weighted by molar-refractivity contribution is -0.119. The van der Waals surface area contributed by atoms with Crippen LogP contribution in [0.4, 0.5) is 5.69 Å². The minimum atomic E-state index is -0.0234. The lowest BCUT2D eigenvalue weighted by atomic mass is 10.0. The van der Waals surface area contributed by atoms with Gasteiger partial charge in [0.25, 0.3) is 0 Å². The molecule has 4 nitrogen and oxygen atoms in total. The molecular weight excluding hydrogens is 384 g/mol. The standard InChI is InChI=1S/C24H31ClN2O2/c1-4-5-19-6-11-24(23(25)16-19)27-14-12-22(13-15-27)29-21-9-7-20(8-10-21)17(2)26-18(3)28/h6-11,16-17,22H,4-5,12-15H2,1-3H3,(H,26,28). The first-order valence-electron chi connectivity index (χ1n) is 10.5. The lowest BCUT2D eigenvalue weighted by Gasteiger charge is -2.34. The number of amides is 1. The average molecular weight is 415 g/mol. The summed E-state index contributed by atoms with van der Waals surface area (Å²) in [4.78, 5) is 13.6. The van der Waals surface area contributed by atoms with Gasteiger partial charge >= 0.3 is 0 Å². The number of nitrogens with one attached hydrogen (secondary N) is 1. The molecule has 1 amide bonds. The van der Waals surface area contributed by atoms with Gasteiger partial charge in [0.15, 0.2) is 0 Å². The van der Waals surface area contributed by atoms with E-state index in [1.54, 1.807) is 0 Å². The van der Waals surface area contributed by atoms with Crippen LogP contribution < -0.4 is 15.0 Å². The molecular formula is C24H31ClN2O2. The number of nitrogens with zero attached hydrogens (tertiary/aromatic N) is 1. The quantitative estimate of drug-likeness (QED) is 0.646. The fourth-order valence-electron chi connectivity index (χ4n) is 3.88. The van der Waals surface area contributed by atoms with Crippen LogP contribution in [0.15, 0.2) is 42.5 Å². The van der Waals surface area contributed by atoms with Gasteiger partial charge in [-0.15, -0.1) is 0 Å². The van der Waals surface area contributed by atoms with Crippen molar-refractivity contribution in [1.82, 2.24) is 5.32 Å². The van der Waals surface area contributed by atoms with Crippen molar-refractivity contribution in [2.75, 3.05) is 18.0 Å². The van der Waals surface area contributed by atoms with Crippen molar-refractivity contribution in [3.05, 3.63) is 58.6 Å². The van der Waals surface area contributed by atoms with Crippen LogP contribution in [0.3, 0.4) is 0 Å². The second-order valence-corrected chi connectivity index (χ2v) is 8.24. The molecule has 1 saturated heterocycles. The molecule has 0 aliphatic carbocycles. The highest BCUT2D eigenvalue weighted by atomic mass is 35.5. The summed E-state index contributed by atoms with van der Waals surface area (Å²) in [7, 11) is 0. The first-order valence-corrected chi connectivity index (χ1v) is 10.9. The Morgan fingerprint density at radius 1 is 1.21 bits per heavy atom. The molecule has 29 heavy (non-hydrogen) atoms. The molecule has 1 aliphatic heterocycles. The number of anilines is 1. The van der Waals surface area contributed by atoms with Crippen LogP contribution in [0.25, 0.3) is 0 Å². The van der Waals surface area contributed by atoms with E-state index >= 15 is 0 Å². The molecule has 1 fully saturated rings. The SMILES string of the molecule is CCCc1ccc(N2CCC(Oc3ccc(C(C)NC(C)=O)cc3)CC2)c(Cl)c1. The zero-order chi connectivity index (χ0) is 20.8. The van der Waals surface area contributed by atoms with Crippen LogP contribution in [0.5, 0.6) is 5.75 Å². The number of carbonyl (C=O) groups is 1. The molecule has 5 heteroatoms. The topological polar surface area (TPSA) is 41.6 Å². The number of piperidine rings is 1. The normalized spacial score (nSPS) is 15.8. The van der Waals surface area contributed by atoms with E-state index in [1.165, 1.54) is 12.5 Å². The Bertz CT molecular complexity index is 814. The summed E-state index contributed by atoms with van der Waals surface area (Å²) in [5, 5.41) is 3.75. The van der Waals surface area contributed by atoms with Crippen molar-refractivity contribution >= 4 is 23.2 Å². The third kappa shape index (κ3) is 5.89. The molecule has 0 aromatic heterocycles. The Labute approximate surface area is 179 Å². The number of carbonyl (C=O) groups excluding carboxylic acids is 1. The second kappa shape index (κ2) is 10.0. The van der Waals surface area contributed by atoms with E-state index in [9.17, 15) is 4.79 Å². The highest BCUT2D eigenvalue weighted by Gasteiger charge is 2.22. The Morgan fingerprint density at radius 2 is 1.90 bits per heavy atom. The summed E-state index contributed by atoms with van der Waals surface area (Å²) in [6.07, 6.45) is 4.35. The van der Waals surface area contributed by atoms with Crippen LogP contribution in [-0.2, 0) is 11.2 Å². The molecule has 1 unspecified atom stereocenters. The maximum Gasteiger partial charge on any atom is 0.217 e. The molecule has 1 N–H and O–H groups in total. The molecule has 0 bridgehead atoms. The van der Waals surface area contributed by atoms with Crippen molar-refractivity contribution in [3.63, 3.8) is 0 Å². The van der Waals surface area contributed by atoms with Gasteiger partial charge in [0.05, 0.1) is 16.8 Å². The molecule has 0 spiro atoms. The Kier molecular flexibility index (Phi) is 7.43. The lowest BCUT2D eigenvalue weighted by Crippen LogP contribution is -2.38. The number of benzene rings is 2. The van der Waals surface area contributed by atoms with Crippen LogP contribution >= 0.6 is 11.6 Å². The molecule has 0 saturated carbocycles. The summed E-state index contributed by atoms with van der Waals surface area (Å²) in [5.41, 5.74) is 3.50. The summed E-state index contributed by atoms with van der Waals surface area (Å²) in [6, 6.07) is 14.5. The van der Waals surface area contributed by atoms with Crippen LogP contribution in [0.2, 0.25) is 5.02 Å². The zero-order valence-corrected chi connectivity index (χ0v) is 18.3. The van der Waals surface area contributed by atoms with Crippen molar-refractivity contribution in [1.29, 1.82) is 0 Å². The predicted octanol–water partition coefficient (Wildman–Crippen LogP) is 5.54. The molecule has 1 heterocycles. The Morgan fingerprint density at radius 3 is 2.48 bits per heavy atom. The van der Waals surface area contributed by atoms with Gasteiger partial charge < -0.3 is 15.0 Å². The number of aryl methyl sites for hydroxylation is 1. The molecule has 1 atom stereocenters. The van der Waals surface area contributed by atoms with Gasteiger partial charge in [-0.2, -0.15) is 0 Å². The summed E-state index contributed by atoms with van der Waals surface area (Å²) in [5.74, 6) is 0.855. The van der Waals surface area contributed by atoms with Gasteiger partial charge in [-0.25, -0.2) is 0 Å². The van der Waals surface area contributed by atoms with Gasteiger partial charge in [-0.1, -0.05) is 43.1 Å². The number of hydrogen-bond acceptors (Lipinski definition) is 3. The van der Waals surface area contributed by atoms with Gasteiger partial charge in [-0.3, -0.25) is 4.79 Å². The second-order valence-electron chi connectivity index (χ2n) is 7.83. The van der Waals surface area contributed by atoms with Crippen LogP contribution in [0, 0.1) is 0 Å². The third-order valence-corrected chi connectivity index (χ3v) is 5.74. The van der Waals surface area contributed by atoms with E-state index < -0.39 is 0 Å². The highest BCUT2D eigenvalue weighted by Crippen LogP contribution is 2.30. The fourth-order valence-corrected chi connectivity index (χ4v) is 4.20. The number of hydrogen-bond donors (Lipinski definition) is 1. The average Bonchev–Trinajstić information content (AvgIpc) is 2.69. The first kappa shape index (κ1) is 21.5. The fraction of sp³-hybridized carbons (Fsp3) is 0.458. The minimum Gasteiger partial charge on any atom is -0.490 e. The molecule has 1 aliphatic rings. The first-order chi connectivity index (χ1) is 14.0. The van der Waals surface area contributed by atoms with E-state index in [4.69, 9.17) is 16.3 Å². The smallest absolute Gasteiger partial charge is 0.217 e. The molecule has 156 valence electrons. The Balaban J connectivity index is 1.53. The molecule has 0 radical (unpaired) electrons. The van der Waals surface area contributed by atoms with Crippen LogP contribution in [-0.4, -0.2) is 25.1 Å². The zero-order valence-electron chi connectivity index (χ0n) is 17.6. The maximum atomic E-state index is 11.2. The highest BCUT2D eigenvalue weighted by molar-refractivity contribution is 6.33. The maximum absolute atomic E-state index is 11.2. The molecule has 2 aromatic rings. The van der Waals surface area contributed by atoms with Gasteiger partial charge in [-0.05, 0) is 48.7 Å². The van der Waals surface area contributed by atoms with Gasteiger partial charge in [0.1, 0.15) is 11.9 Å². The van der Waals surface area contributed by atoms with E-state index in [-0.39, 0.29) is 18.1 Å².